The van der Waals surface area contributed by atoms with Gasteiger partial charge in [-0.1, -0.05) is 44.5 Å². The van der Waals surface area contributed by atoms with Crippen molar-refractivity contribution in [3.05, 3.63) is 40.4 Å². The molecule has 1 heterocycles. The van der Waals surface area contributed by atoms with Crippen LogP contribution in [0.2, 0.25) is 5.02 Å². The summed E-state index contributed by atoms with van der Waals surface area (Å²) in [6, 6.07) is 7.82. The van der Waals surface area contributed by atoms with Gasteiger partial charge in [0.1, 0.15) is 5.01 Å². The van der Waals surface area contributed by atoms with Crippen LogP contribution in [0.1, 0.15) is 26.5 Å². The van der Waals surface area contributed by atoms with E-state index in [1.807, 2.05) is 24.3 Å². The Hall–Kier alpha value is -0.860. The SMILES string of the molecule is CC(C)(C)c1csc(-c2cccc(Cl)c2)n1. The second-order valence-electron chi connectivity index (χ2n) is 4.80. The summed E-state index contributed by atoms with van der Waals surface area (Å²) < 4.78 is 0. The molecular formula is C13H14ClNS. The van der Waals surface area contributed by atoms with Gasteiger partial charge in [-0.3, -0.25) is 0 Å². The summed E-state index contributed by atoms with van der Waals surface area (Å²) in [6.45, 7) is 6.51. The zero-order chi connectivity index (χ0) is 11.8. The molecule has 0 amide bonds. The van der Waals surface area contributed by atoms with E-state index < -0.39 is 0 Å². The Kier molecular flexibility index (Phi) is 3.04. The van der Waals surface area contributed by atoms with Crippen molar-refractivity contribution in [1.29, 1.82) is 0 Å². The van der Waals surface area contributed by atoms with E-state index in [1.54, 1.807) is 11.3 Å². The van der Waals surface area contributed by atoms with Gasteiger partial charge in [-0.25, -0.2) is 4.98 Å². The van der Waals surface area contributed by atoms with Crippen LogP contribution in [-0.4, -0.2) is 4.98 Å². The Balaban J connectivity index is 2.39. The zero-order valence-corrected chi connectivity index (χ0v) is 11.2. The van der Waals surface area contributed by atoms with Crippen LogP contribution in [0.3, 0.4) is 0 Å². The zero-order valence-electron chi connectivity index (χ0n) is 9.62. The van der Waals surface area contributed by atoms with E-state index in [2.05, 4.69) is 31.1 Å². The van der Waals surface area contributed by atoms with Crippen LogP contribution in [0.25, 0.3) is 10.6 Å². The minimum atomic E-state index is 0.104. The van der Waals surface area contributed by atoms with Gasteiger partial charge in [-0.05, 0) is 12.1 Å². The molecule has 0 radical (unpaired) electrons. The molecule has 0 aliphatic heterocycles. The van der Waals surface area contributed by atoms with Crippen LogP contribution in [-0.2, 0) is 5.41 Å². The van der Waals surface area contributed by atoms with Crippen molar-refractivity contribution in [3.8, 4) is 10.6 Å². The summed E-state index contributed by atoms with van der Waals surface area (Å²) in [6.07, 6.45) is 0. The molecule has 2 rings (SSSR count). The lowest BCUT2D eigenvalue weighted by Gasteiger charge is -2.14. The molecule has 0 bridgehead atoms. The molecule has 16 heavy (non-hydrogen) atoms. The summed E-state index contributed by atoms with van der Waals surface area (Å²) in [5.41, 5.74) is 2.33. The van der Waals surface area contributed by atoms with Gasteiger partial charge in [0.2, 0.25) is 0 Å². The number of rotatable bonds is 1. The Labute approximate surface area is 105 Å². The smallest absolute Gasteiger partial charge is 0.123 e. The highest BCUT2D eigenvalue weighted by molar-refractivity contribution is 7.13. The second-order valence-corrected chi connectivity index (χ2v) is 6.09. The molecule has 0 saturated heterocycles. The van der Waals surface area contributed by atoms with Crippen molar-refractivity contribution in [1.82, 2.24) is 4.98 Å². The third kappa shape index (κ3) is 2.45. The van der Waals surface area contributed by atoms with Crippen LogP contribution in [0.5, 0.6) is 0 Å². The lowest BCUT2D eigenvalue weighted by molar-refractivity contribution is 0.573. The molecule has 0 aliphatic rings. The summed E-state index contributed by atoms with van der Waals surface area (Å²) in [7, 11) is 0. The van der Waals surface area contributed by atoms with Gasteiger partial charge in [0.15, 0.2) is 0 Å². The summed E-state index contributed by atoms with van der Waals surface area (Å²) in [5.74, 6) is 0. The van der Waals surface area contributed by atoms with Crippen LogP contribution < -0.4 is 0 Å². The van der Waals surface area contributed by atoms with E-state index >= 15 is 0 Å². The average molecular weight is 252 g/mol. The van der Waals surface area contributed by atoms with Gasteiger partial charge in [0.25, 0.3) is 0 Å². The van der Waals surface area contributed by atoms with Crippen molar-refractivity contribution >= 4 is 22.9 Å². The van der Waals surface area contributed by atoms with Gasteiger partial charge in [-0.15, -0.1) is 11.3 Å². The van der Waals surface area contributed by atoms with Gasteiger partial charge in [0.05, 0.1) is 5.69 Å². The minimum Gasteiger partial charge on any atom is -0.241 e. The van der Waals surface area contributed by atoms with Gasteiger partial charge < -0.3 is 0 Å². The molecule has 84 valence electrons. The largest absolute Gasteiger partial charge is 0.241 e. The third-order valence-electron chi connectivity index (χ3n) is 2.34. The molecule has 0 fully saturated rings. The quantitative estimate of drug-likeness (QED) is 0.712. The summed E-state index contributed by atoms with van der Waals surface area (Å²) >= 11 is 7.64. The molecule has 2 aromatic rings. The number of halogens is 1. The van der Waals surface area contributed by atoms with Crippen LogP contribution in [0, 0.1) is 0 Å². The Morgan fingerprint density at radius 3 is 2.56 bits per heavy atom. The Morgan fingerprint density at radius 2 is 2.00 bits per heavy atom. The van der Waals surface area contributed by atoms with Crippen LogP contribution >= 0.6 is 22.9 Å². The predicted molar refractivity (Wildman–Crippen MR) is 71.3 cm³/mol. The number of nitrogens with zero attached hydrogens (tertiary/aromatic N) is 1. The van der Waals surface area contributed by atoms with Crippen molar-refractivity contribution in [2.24, 2.45) is 0 Å². The molecule has 1 aromatic heterocycles. The number of aromatic nitrogens is 1. The summed E-state index contributed by atoms with van der Waals surface area (Å²) in [5, 5.41) is 3.91. The van der Waals surface area contributed by atoms with Crippen molar-refractivity contribution in [3.63, 3.8) is 0 Å². The van der Waals surface area contributed by atoms with Crippen molar-refractivity contribution < 1.29 is 0 Å². The topological polar surface area (TPSA) is 12.9 Å². The summed E-state index contributed by atoms with van der Waals surface area (Å²) in [4.78, 5) is 4.65. The van der Waals surface area contributed by atoms with E-state index in [9.17, 15) is 0 Å². The number of thiazole rings is 1. The molecular weight excluding hydrogens is 238 g/mol. The van der Waals surface area contributed by atoms with Crippen molar-refractivity contribution in [2.45, 2.75) is 26.2 Å². The maximum Gasteiger partial charge on any atom is 0.123 e. The van der Waals surface area contributed by atoms with E-state index in [4.69, 9.17) is 11.6 Å². The molecule has 1 nitrogen and oxygen atoms in total. The highest BCUT2D eigenvalue weighted by atomic mass is 35.5. The van der Waals surface area contributed by atoms with Crippen molar-refractivity contribution in [2.75, 3.05) is 0 Å². The molecule has 0 saturated carbocycles. The average Bonchev–Trinajstić information content (AvgIpc) is 2.65. The van der Waals surface area contributed by atoms with E-state index in [-0.39, 0.29) is 5.41 Å². The number of hydrogen-bond acceptors (Lipinski definition) is 2. The fraction of sp³-hybridized carbons (Fsp3) is 0.308. The lowest BCUT2D eigenvalue weighted by Crippen LogP contribution is -2.11. The Morgan fingerprint density at radius 1 is 1.25 bits per heavy atom. The monoisotopic (exact) mass is 251 g/mol. The van der Waals surface area contributed by atoms with Gasteiger partial charge >= 0.3 is 0 Å². The molecule has 0 aliphatic carbocycles. The van der Waals surface area contributed by atoms with Crippen LogP contribution in [0.15, 0.2) is 29.6 Å². The van der Waals surface area contributed by atoms with E-state index in [0.29, 0.717) is 0 Å². The fourth-order valence-electron chi connectivity index (χ4n) is 1.37. The molecule has 0 unspecified atom stereocenters. The van der Waals surface area contributed by atoms with E-state index in [1.165, 1.54) is 0 Å². The van der Waals surface area contributed by atoms with Gasteiger partial charge in [0, 0.05) is 21.4 Å². The first kappa shape index (κ1) is 11.6. The first-order chi connectivity index (χ1) is 7.47. The normalized spacial score (nSPS) is 11.8. The number of benzene rings is 1. The standard InChI is InChI=1S/C13H14ClNS/c1-13(2,3)11-8-16-12(15-11)9-5-4-6-10(14)7-9/h4-8H,1-3H3. The predicted octanol–water partition coefficient (Wildman–Crippen LogP) is 4.76. The highest BCUT2D eigenvalue weighted by Crippen LogP contribution is 2.30. The third-order valence-corrected chi connectivity index (χ3v) is 3.47. The van der Waals surface area contributed by atoms with Gasteiger partial charge in [-0.2, -0.15) is 0 Å². The second kappa shape index (κ2) is 4.19. The molecule has 0 N–H and O–H groups in total. The van der Waals surface area contributed by atoms with Crippen LogP contribution in [0.4, 0.5) is 0 Å². The lowest BCUT2D eigenvalue weighted by atomic mass is 9.93. The Bertz CT molecular complexity index is 497. The number of hydrogen-bond donors (Lipinski definition) is 0. The molecule has 0 spiro atoms. The molecule has 1 aromatic carbocycles. The maximum atomic E-state index is 5.97. The first-order valence-corrected chi connectivity index (χ1v) is 6.44. The highest BCUT2D eigenvalue weighted by Gasteiger charge is 2.17. The maximum absolute atomic E-state index is 5.97. The first-order valence-electron chi connectivity index (χ1n) is 5.19. The van der Waals surface area contributed by atoms with E-state index in [0.717, 1.165) is 21.3 Å². The fourth-order valence-corrected chi connectivity index (χ4v) is 2.61. The minimum absolute atomic E-state index is 0.104. The molecule has 0 atom stereocenters. The molecule has 3 heteroatoms.